The maximum atomic E-state index is 11.2. The van der Waals surface area contributed by atoms with Gasteiger partial charge in [-0.2, -0.15) is 0 Å². The van der Waals surface area contributed by atoms with Crippen molar-refractivity contribution >= 4 is 5.97 Å². The fourth-order valence-corrected chi connectivity index (χ4v) is 1.26. The summed E-state index contributed by atoms with van der Waals surface area (Å²) in [5.41, 5.74) is 0. The zero-order valence-electron chi connectivity index (χ0n) is 7.76. The van der Waals surface area contributed by atoms with Gasteiger partial charge in [-0.3, -0.25) is 0 Å². The molecular formula is C9H14O5. The summed E-state index contributed by atoms with van der Waals surface area (Å²) in [4.78, 5) is 11.2. The first-order chi connectivity index (χ1) is 6.63. The number of hydrogen-bond donors (Lipinski definition) is 2. The van der Waals surface area contributed by atoms with Crippen molar-refractivity contribution in [3.63, 3.8) is 0 Å². The van der Waals surface area contributed by atoms with E-state index in [9.17, 15) is 9.90 Å². The first kappa shape index (κ1) is 11.2. The SMILES string of the molecule is C=CCOC(=O)C1CC(O)CC(O)O1. The molecule has 0 amide bonds. The third kappa shape index (κ3) is 3.10. The number of carbonyl (C=O) groups excluding carboxylic acids is 1. The van der Waals surface area contributed by atoms with Crippen LogP contribution in [-0.4, -0.2) is 41.3 Å². The summed E-state index contributed by atoms with van der Waals surface area (Å²) in [7, 11) is 0. The van der Waals surface area contributed by atoms with Gasteiger partial charge in [-0.25, -0.2) is 4.79 Å². The Morgan fingerprint density at radius 2 is 2.29 bits per heavy atom. The van der Waals surface area contributed by atoms with Crippen molar-refractivity contribution < 1.29 is 24.5 Å². The van der Waals surface area contributed by atoms with E-state index in [2.05, 4.69) is 6.58 Å². The van der Waals surface area contributed by atoms with E-state index in [0.29, 0.717) is 0 Å². The number of hydrogen-bond acceptors (Lipinski definition) is 5. The summed E-state index contributed by atoms with van der Waals surface area (Å²) >= 11 is 0. The number of rotatable bonds is 3. The highest BCUT2D eigenvalue weighted by Gasteiger charge is 2.32. The molecule has 0 spiro atoms. The lowest BCUT2D eigenvalue weighted by molar-refractivity contribution is -0.206. The van der Waals surface area contributed by atoms with Crippen LogP contribution in [0, 0.1) is 0 Å². The van der Waals surface area contributed by atoms with Crippen molar-refractivity contribution in [3.8, 4) is 0 Å². The highest BCUT2D eigenvalue weighted by Crippen LogP contribution is 2.18. The smallest absolute Gasteiger partial charge is 0.335 e. The molecule has 0 aromatic rings. The lowest BCUT2D eigenvalue weighted by Gasteiger charge is -2.28. The van der Waals surface area contributed by atoms with Gasteiger partial charge in [-0.05, 0) is 0 Å². The quantitative estimate of drug-likeness (QED) is 0.480. The fraction of sp³-hybridized carbons (Fsp3) is 0.667. The van der Waals surface area contributed by atoms with Crippen molar-refractivity contribution in [1.29, 1.82) is 0 Å². The minimum absolute atomic E-state index is 0.102. The number of esters is 1. The van der Waals surface area contributed by atoms with Crippen LogP contribution >= 0.6 is 0 Å². The Kier molecular flexibility index (Phi) is 4.06. The van der Waals surface area contributed by atoms with Gasteiger partial charge < -0.3 is 19.7 Å². The molecule has 1 aliphatic heterocycles. The van der Waals surface area contributed by atoms with Gasteiger partial charge in [-0.1, -0.05) is 12.7 Å². The molecule has 0 radical (unpaired) electrons. The van der Waals surface area contributed by atoms with Gasteiger partial charge in [0, 0.05) is 12.8 Å². The van der Waals surface area contributed by atoms with Crippen LogP contribution in [0.1, 0.15) is 12.8 Å². The minimum Gasteiger partial charge on any atom is -0.460 e. The molecule has 1 heterocycles. The Bertz CT molecular complexity index is 205. The van der Waals surface area contributed by atoms with E-state index in [1.807, 2.05) is 0 Å². The topological polar surface area (TPSA) is 76.0 Å². The normalized spacial score (nSPS) is 32.3. The fourth-order valence-electron chi connectivity index (χ4n) is 1.26. The lowest BCUT2D eigenvalue weighted by Crippen LogP contribution is -2.40. The van der Waals surface area contributed by atoms with Crippen LogP contribution in [0.3, 0.4) is 0 Å². The van der Waals surface area contributed by atoms with Crippen molar-refractivity contribution in [2.24, 2.45) is 0 Å². The van der Waals surface area contributed by atoms with Crippen LogP contribution in [0.4, 0.5) is 0 Å². The Labute approximate surface area is 81.9 Å². The average Bonchev–Trinajstić information content (AvgIpc) is 2.12. The summed E-state index contributed by atoms with van der Waals surface area (Å²) in [5.74, 6) is -0.581. The third-order valence-corrected chi connectivity index (χ3v) is 1.89. The van der Waals surface area contributed by atoms with Crippen LogP contribution in [0.2, 0.25) is 0 Å². The van der Waals surface area contributed by atoms with E-state index in [0.717, 1.165) is 0 Å². The Balaban J connectivity index is 2.42. The highest BCUT2D eigenvalue weighted by molar-refractivity contribution is 5.74. The standard InChI is InChI=1S/C9H14O5/c1-2-3-13-9(12)7-4-6(10)5-8(11)14-7/h2,6-8,10-11H,1,3-5H2. The predicted molar refractivity (Wildman–Crippen MR) is 47.3 cm³/mol. The zero-order chi connectivity index (χ0) is 10.6. The summed E-state index contributed by atoms with van der Waals surface area (Å²) in [6.45, 7) is 3.49. The molecule has 0 aromatic heterocycles. The number of aliphatic hydroxyl groups is 2. The molecule has 1 rings (SSSR count). The van der Waals surface area contributed by atoms with E-state index in [1.165, 1.54) is 6.08 Å². The Morgan fingerprint density at radius 1 is 1.57 bits per heavy atom. The summed E-state index contributed by atoms with van der Waals surface area (Å²) in [6.07, 6.45) is -0.972. The van der Waals surface area contributed by atoms with E-state index in [1.54, 1.807) is 0 Å². The second-order valence-electron chi connectivity index (χ2n) is 3.12. The molecule has 1 aliphatic rings. The molecule has 1 saturated heterocycles. The van der Waals surface area contributed by atoms with Gasteiger partial charge in [-0.15, -0.1) is 0 Å². The van der Waals surface area contributed by atoms with Gasteiger partial charge >= 0.3 is 5.97 Å². The monoisotopic (exact) mass is 202 g/mol. The molecule has 1 fully saturated rings. The largest absolute Gasteiger partial charge is 0.460 e. The van der Waals surface area contributed by atoms with Crippen LogP contribution in [0.5, 0.6) is 0 Å². The van der Waals surface area contributed by atoms with Gasteiger partial charge in [0.2, 0.25) is 0 Å². The van der Waals surface area contributed by atoms with Crippen LogP contribution in [0.25, 0.3) is 0 Å². The Hall–Kier alpha value is -0.910. The predicted octanol–water partition coefficient (Wildman–Crippen LogP) is -0.426. The average molecular weight is 202 g/mol. The molecule has 5 nitrogen and oxygen atoms in total. The summed E-state index contributed by atoms with van der Waals surface area (Å²) in [6, 6.07) is 0. The molecule has 5 heteroatoms. The number of carbonyl (C=O) groups is 1. The molecule has 0 saturated carbocycles. The van der Waals surface area contributed by atoms with Crippen molar-refractivity contribution in [3.05, 3.63) is 12.7 Å². The molecule has 14 heavy (non-hydrogen) atoms. The van der Waals surface area contributed by atoms with Crippen molar-refractivity contribution in [2.75, 3.05) is 6.61 Å². The van der Waals surface area contributed by atoms with E-state index in [4.69, 9.17) is 14.6 Å². The molecule has 0 bridgehead atoms. The molecular weight excluding hydrogens is 188 g/mol. The van der Waals surface area contributed by atoms with Gasteiger partial charge in [0.1, 0.15) is 6.61 Å². The van der Waals surface area contributed by atoms with Crippen LogP contribution in [-0.2, 0) is 14.3 Å². The summed E-state index contributed by atoms with van der Waals surface area (Å²) in [5, 5.41) is 18.4. The molecule has 3 unspecified atom stereocenters. The second kappa shape index (κ2) is 5.09. The van der Waals surface area contributed by atoms with Crippen molar-refractivity contribution in [1.82, 2.24) is 0 Å². The molecule has 80 valence electrons. The molecule has 2 N–H and O–H groups in total. The second-order valence-corrected chi connectivity index (χ2v) is 3.12. The van der Waals surface area contributed by atoms with Crippen molar-refractivity contribution in [2.45, 2.75) is 31.3 Å². The minimum atomic E-state index is -1.10. The highest BCUT2D eigenvalue weighted by atomic mass is 16.6. The molecule has 0 aromatic carbocycles. The molecule has 0 aliphatic carbocycles. The van der Waals surface area contributed by atoms with Gasteiger partial charge in [0.15, 0.2) is 12.4 Å². The first-order valence-electron chi connectivity index (χ1n) is 4.42. The van der Waals surface area contributed by atoms with E-state index < -0.39 is 24.5 Å². The van der Waals surface area contributed by atoms with Gasteiger partial charge in [0.05, 0.1) is 6.10 Å². The zero-order valence-corrected chi connectivity index (χ0v) is 7.76. The number of aliphatic hydroxyl groups excluding tert-OH is 2. The van der Waals surface area contributed by atoms with Crippen LogP contribution in [0.15, 0.2) is 12.7 Å². The maximum Gasteiger partial charge on any atom is 0.335 e. The van der Waals surface area contributed by atoms with E-state index >= 15 is 0 Å². The third-order valence-electron chi connectivity index (χ3n) is 1.89. The Morgan fingerprint density at radius 3 is 2.86 bits per heavy atom. The number of ether oxygens (including phenoxy) is 2. The maximum absolute atomic E-state index is 11.2. The first-order valence-corrected chi connectivity index (χ1v) is 4.42. The van der Waals surface area contributed by atoms with Crippen LogP contribution < -0.4 is 0 Å². The van der Waals surface area contributed by atoms with E-state index in [-0.39, 0.29) is 19.4 Å². The van der Waals surface area contributed by atoms with Gasteiger partial charge in [0.25, 0.3) is 0 Å². The lowest BCUT2D eigenvalue weighted by atomic mass is 10.1. The summed E-state index contributed by atoms with van der Waals surface area (Å²) < 4.78 is 9.63. The molecule has 3 atom stereocenters.